The molecule has 0 aromatic rings. The van der Waals surface area contributed by atoms with E-state index in [1.165, 1.54) is 5.70 Å². The van der Waals surface area contributed by atoms with E-state index in [1.54, 1.807) is 13.0 Å². The molecule has 1 rings (SSSR count). The third-order valence-corrected chi connectivity index (χ3v) is 3.24. The van der Waals surface area contributed by atoms with Crippen LogP contribution in [0.1, 0.15) is 27.2 Å². The van der Waals surface area contributed by atoms with E-state index < -0.39 is 5.97 Å². The van der Waals surface area contributed by atoms with Gasteiger partial charge in [0.1, 0.15) is 11.6 Å². The zero-order valence-corrected chi connectivity index (χ0v) is 12.4. The summed E-state index contributed by atoms with van der Waals surface area (Å²) >= 11 is 0. The zero-order valence-electron chi connectivity index (χ0n) is 12.4. The van der Waals surface area contributed by atoms with Crippen molar-refractivity contribution in [2.45, 2.75) is 27.2 Å². The fourth-order valence-corrected chi connectivity index (χ4v) is 2.15. The van der Waals surface area contributed by atoms with Crippen LogP contribution in [0.4, 0.5) is 0 Å². The molecular formula is C16H22N2O2. The molecule has 1 unspecified atom stereocenters. The molecule has 1 aliphatic carbocycles. The van der Waals surface area contributed by atoms with Crippen LogP contribution in [-0.4, -0.2) is 30.6 Å². The Balaban J connectivity index is 2.72. The lowest BCUT2D eigenvalue weighted by Gasteiger charge is -2.25. The topological polar surface area (TPSA) is 53.3 Å². The lowest BCUT2D eigenvalue weighted by molar-refractivity contribution is -0.138. The Kier molecular flexibility index (Phi) is 6.58. The first-order valence-corrected chi connectivity index (χ1v) is 7.08. The van der Waals surface area contributed by atoms with Crippen molar-refractivity contribution in [3.05, 3.63) is 35.6 Å². The Morgan fingerprint density at radius 1 is 1.50 bits per heavy atom. The summed E-state index contributed by atoms with van der Waals surface area (Å²) < 4.78 is 4.85. The highest BCUT2D eigenvalue weighted by atomic mass is 16.5. The van der Waals surface area contributed by atoms with E-state index in [0.717, 1.165) is 19.5 Å². The lowest BCUT2D eigenvalue weighted by Crippen LogP contribution is -2.22. The number of carbonyl (C=O) groups excluding carboxylic acids is 1. The van der Waals surface area contributed by atoms with Crippen molar-refractivity contribution >= 4 is 5.97 Å². The minimum atomic E-state index is -0.540. The molecule has 0 bridgehead atoms. The number of nitrogens with zero attached hydrogens (tertiary/aromatic N) is 2. The number of hydrogen-bond donors (Lipinski definition) is 0. The maximum atomic E-state index is 11.6. The second kappa shape index (κ2) is 8.21. The summed E-state index contributed by atoms with van der Waals surface area (Å²) in [6, 6.07) is 1.91. The predicted octanol–water partition coefficient (Wildman–Crippen LogP) is 2.80. The van der Waals surface area contributed by atoms with Crippen LogP contribution in [0.2, 0.25) is 0 Å². The number of esters is 1. The molecule has 0 aromatic carbocycles. The van der Waals surface area contributed by atoms with Crippen molar-refractivity contribution in [1.82, 2.24) is 4.90 Å². The number of carbonyl (C=O) groups is 1. The van der Waals surface area contributed by atoms with Gasteiger partial charge in [0.2, 0.25) is 0 Å². The Hall–Kier alpha value is -2.02. The number of nitriles is 1. The first-order valence-electron chi connectivity index (χ1n) is 7.08. The van der Waals surface area contributed by atoms with Gasteiger partial charge in [-0.2, -0.15) is 5.26 Å². The van der Waals surface area contributed by atoms with Crippen LogP contribution in [0.3, 0.4) is 0 Å². The quantitative estimate of drug-likeness (QED) is 0.424. The smallest absolute Gasteiger partial charge is 0.348 e. The molecule has 0 spiro atoms. The molecule has 4 heteroatoms. The zero-order chi connectivity index (χ0) is 15.0. The molecule has 0 N–H and O–H groups in total. The van der Waals surface area contributed by atoms with Gasteiger partial charge in [0.25, 0.3) is 0 Å². The molecule has 108 valence electrons. The monoisotopic (exact) mass is 274 g/mol. The molecule has 0 amide bonds. The molecule has 0 saturated heterocycles. The van der Waals surface area contributed by atoms with Crippen molar-refractivity contribution in [1.29, 1.82) is 5.26 Å². The summed E-state index contributed by atoms with van der Waals surface area (Å²) in [6.45, 7) is 8.20. The molecule has 1 atom stereocenters. The SMILES string of the molecule is CCOC(=O)/C(C#N)=C/C1C=CC(N(CC)CC)=CC1. The standard InChI is InChI=1S/C16H22N2O2/c1-4-18(5-2)15-9-7-13(8-10-15)11-14(12-17)16(19)20-6-3/h7,9-11,13H,4-6,8H2,1-3H3/b14-11+. The number of likely N-dealkylation sites (N-methyl/N-ethyl adjacent to an activating group) is 1. The van der Waals surface area contributed by atoms with E-state index in [-0.39, 0.29) is 18.1 Å². The predicted molar refractivity (Wildman–Crippen MR) is 78.6 cm³/mol. The maximum absolute atomic E-state index is 11.6. The largest absolute Gasteiger partial charge is 0.462 e. The maximum Gasteiger partial charge on any atom is 0.348 e. The molecule has 4 nitrogen and oxygen atoms in total. The van der Waals surface area contributed by atoms with Gasteiger partial charge in [-0.25, -0.2) is 4.79 Å². The van der Waals surface area contributed by atoms with Gasteiger partial charge in [0.15, 0.2) is 0 Å². The Morgan fingerprint density at radius 3 is 2.65 bits per heavy atom. The van der Waals surface area contributed by atoms with E-state index in [9.17, 15) is 4.79 Å². The minimum Gasteiger partial charge on any atom is -0.462 e. The molecule has 20 heavy (non-hydrogen) atoms. The van der Waals surface area contributed by atoms with Gasteiger partial charge in [0.05, 0.1) is 6.61 Å². The van der Waals surface area contributed by atoms with E-state index in [4.69, 9.17) is 10.00 Å². The van der Waals surface area contributed by atoms with Crippen LogP contribution in [0.5, 0.6) is 0 Å². The van der Waals surface area contributed by atoms with Crippen molar-refractivity contribution in [3.8, 4) is 6.07 Å². The number of hydrogen-bond acceptors (Lipinski definition) is 4. The molecule has 0 heterocycles. The molecule has 0 saturated carbocycles. The molecule has 0 aromatic heterocycles. The Morgan fingerprint density at radius 2 is 2.20 bits per heavy atom. The number of ether oxygens (including phenoxy) is 1. The third kappa shape index (κ3) is 4.27. The summed E-state index contributed by atoms with van der Waals surface area (Å²) in [6.07, 6.45) is 8.72. The van der Waals surface area contributed by atoms with E-state index in [0.29, 0.717) is 0 Å². The summed E-state index contributed by atoms with van der Waals surface area (Å²) in [5.74, 6) is -0.463. The molecule has 0 fully saturated rings. The fraction of sp³-hybridized carbons (Fsp3) is 0.500. The van der Waals surface area contributed by atoms with E-state index in [1.807, 2.05) is 12.1 Å². The van der Waals surface area contributed by atoms with Gasteiger partial charge in [-0.15, -0.1) is 0 Å². The van der Waals surface area contributed by atoms with Gasteiger partial charge in [-0.1, -0.05) is 18.2 Å². The highest BCUT2D eigenvalue weighted by molar-refractivity contribution is 5.92. The highest BCUT2D eigenvalue weighted by Crippen LogP contribution is 2.21. The van der Waals surface area contributed by atoms with Crippen LogP contribution in [0.25, 0.3) is 0 Å². The van der Waals surface area contributed by atoms with Crippen LogP contribution in [0, 0.1) is 17.2 Å². The first kappa shape index (κ1) is 16.0. The van der Waals surface area contributed by atoms with Crippen LogP contribution < -0.4 is 0 Å². The summed E-state index contributed by atoms with van der Waals surface area (Å²) in [7, 11) is 0. The van der Waals surface area contributed by atoms with E-state index >= 15 is 0 Å². The van der Waals surface area contributed by atoms with E-state index in [2.05, 4.69) is 30.9 Å². The van der Waals surface area contributed by atoms with Gasteiger partial charge >= 0.3 is 5.97 Å². The molecule has 0 radical (unpaired) electrons. The van der Waals surface area contributed by atoms with Crippen LogP contribution in [-0.2, 0) is 9.53 Å². The Labute approximate surface area is 121 Å². The normalized spacial score (nSPS) is 18.2. The average molecular weight is 274 g/mol. The number of rotatable bonds is 6. The second-order valence-electron chi connectivity index (χ2n) is 4.47. The summed E-state index contributed by atoms with van der Waals surface area (Å²) in [5, 5.41) is 9.00. The summed E-state index contributed by atoms with van der Waals surface area (Å²) in [4.78, 5) is 13.8. The summed E-state index contributed by atoms with van der Waals surface area (Å²) in [5.41, 5.74) is 1.29. The number of allylic oxidation sites excluding steroid dienone is 4. The highest BCUT2D eigenvalue weighted by Gasteiger charge is 2.15. The van der Waals surface area contributed by atoms with Gasteiger partial charge < -0.3 is 9.64 Å². The van der Waals surface area contributed by atoms with Gasteiger partial charge in [-0.3, -0.25) is 0 Å². The fourth-order valence-electron chi connectivity index (χ4n) is 2.15. The second-order valence-corrected chi connectivity index (χ2v) is 4.47. The third-order valence-electron chi connectivity index (χ3n) is 3.24. The van der Waals surface area contributed by atoms with Crippen molar-refractivity contribution in [2.24, 2.45) is 5.92 Å². The van der Waals surface area contributed by atoms with Crippen molar-refractivity contribution in [2.75, 3.05) is 19.7 Å². The average Bonchev–Trinajstić information content (AvgIpc) is 2.47. The van der Waals surface area contributed by atoms with Crippen molar-refractivity contribution < 1.29 is 9.53 Å². The van der Waals surface area contributed by atoms with Crippen LogP contribution >= 0.6 is 0 Å². The van der Waals surface area contributed by atoms with Crippen LogP contribution in [0.15, 0.2) is 35.6 Å². The van der Waals surface area contributed by atoms with Gasteiger partial charge in [-0.05, 0) is 33.3 Å². The first-order chi connectivity index (χ1) is 9.65. The Bertz CT molecular complexity index is 465. The molecule has 0 aliphatic heterocycles. The lowest BCUT2D eigenvalue weighted by atomic mass is 9.96. The molecule has 1 aliphatic rings. The van der Waals surface area contributed by atoms with Gasteiger partial charge in [0, 0.05) is 24.7 Å². The van der Waals surface area contributed by atoms with Crippen molar-refractivity contribution in [3.63, 3.8) is 0 Å². The minimum absolute atomic E-state index is 0.0772. The molecular weight excluding hydrogens is 252 g/mol.